The molecule has 21 heavy (non-hydrogen) atoms. The van der Waals surface area contributed by atoms with Crippen LogP contribution in [0.4, 0.5) is 0 Å². The summed E-state index contributed by atoms with van der Waals surface area (Å²) in [5.74, 6) is 1.28. The van der Waals surface area contributed by atoms with Crippen LogP contribution in [0.25, 0.3) is 0 Å². The number of ether oxygens (including phenoxy) is 2. The van der Waals surface area contributed by atoms with E-state index in [0.717, 1.165) is 32.5 Å². The molecule has 0 saturated heterocycles. The lowest BCUT2D eigenvalue weighted by Crippen LogP contribution is -2.27. The van der Waals surface area contributed by atoms with Gasteiger partial charge in [-0.3, -0.25) is 4.79 Å². The van der Waals surface area contributed by atoms with Gasteiger partial charge in [-0.15, -0.1) is 0 Å². The number of rotatable bonds is 8. The van der Waals surface area contributed by atoms with E-state index in [0.29, 0.717) is 23.6 Å². The van der Waals surface area contributed by atoms with Crippen molar-refractivity contribution in [3.63, 3.8) is 0 Å². The Bertz CT molecular complexity index is 473. The summed E-state index contributed by atoms with van der Waals surface area (Å²) in [6.45, 7) is 8.53. The van der Waals surface area contributed by atoms with Crippen LogP contribution in [0.3, 0.4) is 0 Å². The Balaban J connectivity index is 1.70. The van der Waals surface area contributed by atoms with Gasteiger partial charge in [-0.1, -0.05) is 13.8 Å². The van der Waals surface area contributed by atoms with Crippen molar-refractivity contribution in [1.82, 2.24) is 10.2 Å². The molecule has 0 aliphatic carbocycles. The molecular formula is C16H24N2O3. The Hall–Kier alpha value is -1.75. The molecule has 5 nitrogen and oxygen atoms in total. The second-order valence-electron chi connectivity index (χ2n) is 5.06. The molecule has 1 aliphatic heterocycles. The van der Waals surface area contributed by atoms with Crippen LogP contribution >= 0.6 is 0 Å². The van der Waals surface area contributed by atoms with E-state index in [1.165, 1.54) is 0 Å². The number of nitrogens with zero attached hydrogens (tertiary/aromatic N) is 1. The molecule has 0 aromatic heterocycles. The first-order chi connectivity index (χ1) is 10.2. The fourth-order valence-electron chi connectivity index (χ4n) is 2.34. The van der Waals surface area contributed by atoms with Gasteiger partial charge >= 0.3 is 0 Å². The molecule has 116 valence electrons. The Morgan fingerprint density at radius 1 is 1.19 bits per heavy atom. The van der Waals surface area contributed by atoms with Gasteiger partial charge in [0.05, 0.1) is 0 Å². The van der Waals surface area contributed by atoms with Crippen LogP contribution in [0.15, 0.2) is 18.2 Å². The molecule has 1 aliphatic rings. The number of fused-ring (bicyclic) bond motifs is 1. The number of nitrogens with one attached hydrogen (secondary N) is 1. The Labute approximate surface area is 126 Å². The van der Waals surface area contributed by atoms with Crippen LogP contribution in [0.2, 0.25) is 0 Å². The maximum absolute atomic E-state index is 12.0. The molecule has 2 rings (SSSR count). The second kappa shape index (κ2) is 7.88. The molecule has 0 unspecified atom stereocenters. The molecule has 1 N–H and O–H groups in total. The topological polar surface area (TPSA) is 50.8 Å². The van der Waals surface area contributed by atoms with E-state index in [9.17, 15) is 4.79 Å². The van der Waals surface area contributed by atoms with E-state index in [1.54, 1.807) is 18.2 Å². The summed E-state index contributed by atoms with van der Waals surface area (Å²) in [4.78, 5) is 14.4. The predicted molar refractivity (Wildman–Crippen MR) is 81.9 cm³/mol. The molecule has 1 aromatic carbocycles. The SMILES string of the molecule is CCN(CC)CCCCNC(=O)c1ccc2c(c1)OCO2. The highest BCUT2D eigenvalue weighted by atomic mass is 16.7. The van der Waals surface area contributed by atoms with Crippen molar-refractivity contribution in [3.05, 3.63) is 23.8 Å². The first-order valence-electron chi connectivity index (χ1n) is 7.64. The van der Waals surface area contributed by atoms with Crippen molar-refractivity contribution >= 4 is 5.91 Å². The fourth-order valence-corrected chi connectivity index (χ4v) is 2.34. The van der Waals surface area contributed by atoms with E-state index in [2.05, 4.69) is 24.1 Å². The van der Waals surface area contributed by atoms with Gasteiger partial charge in [0.15, 0.2) is 11.5 Å². The Morgan fingerprint density at radius 2 is 1.95 bits per heavy atom. The number of amides is 1. The average Bonchev–Trinajstić information content (AvgIpc) is 2.98. The van der Waals surface area contributed by atoms with Crippen LogP contribution in [-0.4, -0.2) is 43.8 Å². The Morgan fingerprint density at radius 3 is 2.71 bits per heavy atom. The Kier molecular flexibility index (Phi) is 5.87. The molecule has 0 radical (unpaired) electrons. The van der Waals surface area contributed by atoms with E-state index < -0.39 is 0 Å². The summed E-state index contributed by atoms with van der Waals surface area (Å²) < 4.78 is 10.5. The number of hydrogen-bond acceptors (Lipinski definition) is 4. The molecule has 1 amide bonds. The lowest BCUT2D eigenvalue weighted by Gasteiger charge is -2.17. The molecule has 0 spiro atoms. The quantitative estimate of drug-likeness (QED) is 0.747. The fraction of sp³-hybridized carbons (Fsp3) is 0.562. The van der Waals surface area contributed by atoms with Crippen LogP contribution in [0.5, 0.6) is 11.5 Å². The van der Waals surface area contributed by atoms with Crippen LogP contribution in [-0.2, 0) is 0 Å². The summed E-state index contributed by atoms with van der Waals surface area (Å²) in [6, 6.07) is 5.27. The first-order valence-corrected chi connectivity index (χ1v) is 7.64. The van der Waals surface area contributed by atoms with E-state index in [4.69, 9.17) is 9.47 Å². The van der Waals surface area contributed by atoms with Gasteiger partial charge in [-0.2, -0.15) is 0 Å². The minimum atomic E-state index is -0.0591. The minimum absolute atomic E-state index is 0.0591. The van der Waals surface area contributed by atoms with Crippen molar-refractivity contribution in [1.29, 1.82) is 0 Å². The van der Waals surface area contributed by atoms with Gasteiger partial charge in [0.25, 0.3) is 5.91 Å². The standard InChI is InChI=1S/C16H24N2O3/c1-3-18(4-2)10-6-5-9-17-16(19)13-7-8-14-15(11-13)21-12-20-14/h7-8,11H,3-6,9-10,12H2,1-2H3,(H,17,19). The van der Waals surface area contributed by atoms with Gasteiger partial charge in [0.1, 0.15) is 0 Å². The number of hydrogen-bond donors (Lipinski definition) is 1. The number of carbonyl (C=O) groups excluding carboxylic acids is 1. The van der Waals surface area contributed by atoms with Gasteiger partial charge in [0.2, 0.25) is 6.79 Å². The number of benzene rings is 1. The van der Waals surface area contributed by atoms with E-state index in [1.807, 2.05) is 0 Å². The smallest absolute Gasteiger partial charge is 0.251 e. The highest BCUT2D eigenvalue weighted by molar-refractivity contribution is 5.94. The third-order valence-corrected chi connectivity index (χ3v) is 3.72. The second-order valence-corrected chi connectivity index (χ2v) is 5.06. The maximum atomic E-state index is 12.0. The molecule has 1 heterocycles. The van der Waals surface area contributed by atoms with Crippen molar-refractivity contribution < 1.29 is 14.3 Å². The molecular weight excluding hydrogens is 268 g/mol. The molecule has 0 saturated carbocycles. The van der Waals surface area contributed by atoms with Crippen molar-refractivity contribution in [2.45, 2.75) is 26.7 Å². The third-order valence-electron chi connectivity index (χ3n) is 3.72. The maximum Gasteiger partial charge on any atom is 0.251 e. The highest BCUT2D eigenvalue weighted by Crippen LogP contribution is 2.32. The number of carbonyl (C=O) groups is 1. The first kappa shape index (κ1) is 15.6. The van der Waals surface area contributed by atoms with Crippen molar-refractivity contribution in [2.24, 2.45) is 0 Å². The summed E-state index contributed by atoms with van der Waals surface area (Å²) >= 11 is 0. The minimum Gasteiger partial charge on any atom is -0.454 e. The summed E-state index contributed by atoms with van der Waals surface area (Å²) in [7, 11) is 0. The van der Waals surface area contributed by atoms with Crippen LogP contribution < -0.4 is 14.8 Å². The average molecular weight is 292 g/mol. The van der Waals surface area contributed by atoms with E-state index >= 15 is 0 Å². The zero-order chi connectivity index (χ0) is 15.1. The van der Waals surface area contributed by atoms with Crippen molar-refractivity contribution in [2.75, 3.05) is 33.0 Å². The van der Waals surface area contributed by atoms with Crippen LogP contribution in [0, 0.1) is 0 Å². The summed E-state index contributed by atoms with van der Waals surface area (Å²) in [5.41, 5.74) is 0.614. The van der Waals surface area contributed by atoms with Gasteiger partial charge < -0.3 is 19.7 Å². The number of unbranched alkanes of at least 4 members (excludes halogenated alkanes) is 1. The monoisotopic (exact) mass is 292 g/mol. The molecule has 1 aromatic rings. The van der Waals surface area contributed by atoms with Gasteiger partial charge in [0, 0.05) is 12.1 Å². The lowest BCUT2D eigenvalue weighted by atomic mass is 10.2. The predicted octanol–water partition coefficient (Wildman–Crippen LogP) is 2.27. The molecule has 0 atom stereocenters. The van der Waals surface area contributed by atoms with E-state index in [-0.39, 0.29) is 12.7 Å². The van der Waals surface area contributed by atoms with Gasteiger partial charge in [-0.25, -0.2) is 0 Å². The zero-order valence-electron chi connectivity index (χ0n) is 12.9. The summed E-state index contributed by atoms with van der Waals surface area (Å²) in [5, 5.41) is 2.95. The third kappa shape index (κ3) is 4.36. The van der Waals surface area contributed by atoms with Crippen LogP contribution in [0.1, 0.15) is 37.0 Å². The summed E-state index contributed by atoms with van der Waals surface area (Å²) in [6.07, 6.45) is 2.09. The highest BCUT2D eigenvalue weighted by Gasteiger charge is 2.15. The van der Waals surface area contributed by atoms with Gasteiger partial charge in [-0.05, 0) is 50.7 Å². The molecule has 5 heteroatoms. The molecule has 0 fully saturated rings. The normalized spacial score (nSPS) is 12.7. The molecule has 0 bridgehead atoms. The lowest BCUT2D eigenvalue weighted by molar-refractivity contribution is 0.0952. The van der Waals surface area contributed by atoms with Crippen molar-refractivity contribution in [3.8, 4) is 11.5 Å². The largest absolute Gasteiger partial charge is 0.454 e. The zero-order valence-corrected chi connectivity index (χ0v) is 12.9.